The van der Waals surface area contributed by atoms with Gasteiger partial charge in [-0.2, -0.15) is 4.57 Å². The summed E-state index contributed by atoms with van der Waals surface area (Å²) >= 11 is 0. The number of ether oxygens (including phenoxy) is 1. The Balaban J connectivity index is 2.55. The summed E-state index contributed by atoms with van der Waals surface area (Å²) in [5, 5.41) is 9.74. The Labute approximate surface area is 92.7 Å². The summed E-state index contributed by atoms with van der Waals surface area (Å²) in [7, 11) is 1.61. The van der Waals surface area contributed by atoms with E-state index in [-0.39, 0.29) is 6.54 Å². The van der Waals surface area contributed by atoms with Crippen molar-refractivity contribution in [1.82, 2.24) is 0 Å². The van der Waals surface area contributed by atoms with Gasteiger partial charge in [-0.05, 0) is 18.2 Å². The quantitative estimate of drug-likeness (QED) is 0.788. The van der Waals surface area contributed by atoms with Gasteiger partial charge in [-0.15, -0.1) is 0 Å². The van der Waals surface area contributed by atoms with Crippen LogP contribution in [0.4, 0.5) is 0 Å². The molecule has 16 heavy (non-hydrogen) atoms. The number of carbonyl (C=O) groups is 1. The van der Waals surface area contributed by atoms with Crippen LogP contribution >= 0.6 is 0 Å². The van der Waals surface area contributed by atoms with E-state index in [9.17, 15) is 4.79 Å². The number of rotatable bonds is 3. The molecular weight excluding hydrogens is 206 g/mol. The number of methoxy groups -OCH3 is 1. The summed E-state index contributed by atoms with van der Waals surface area (Å²) in [6.07, 6.45) is 1.75. The largest absolute Gasteiger partial charge is 0.497 e. The van der Waals surface area contributed by atoms with Crippen LogP contribution in [0.2, 0.25) is 0 Å². The average Bonchev–Trinajstić information content (AvgIpc) is 2.28. The van der Waals surface area contributed by atoms with E-state index in [2.05, 4.69) is 0 Å². The Hall–Kier alpha value is -2.10. The lowest BCUT2D eigenvalue weighted by molar-refractivity contribution is -0.659. The minimum absolute atomic E-state index is 0.0380. The molecule has 1 N–H and O–H groups in total. The molecule has 1 heterocycles. The molecule has 4 heteroatoms. The smallest absolute Gasteiger partial charge is 0.370 e. The zero-order chi connectivity index (χ0) is 11.5. The van der Waals surface area contributed by atoms with Gasteiger partial charge in [0.15, 0.2) is 6.20 Å². The third-order valence-corrected chi connectivity index (χ3v) is 2.39. The second-order valence-corrected chi connectivity index (χ2v) is 3.45. The van der Waals surface area contributed by atoms with Crippen molar-refractivity contribution < 1.29 is 19.2 Å². The van der Waals surface area contributed by atoms with Crippen molar-refractivity contribution in [2.45, 2.75) is 6.54 Å². The lowest BCUT2D eigenvalue weighted by Gasteiger charge is -2.01. The van der Waals surface area contributed by atoms with Crippen molar-refractivity contribution in [1.29, 1.82) is 0 Å². The maximum absolute atomic E-state index is 10.7. The van der Waals surface area contributed by atoms with Crippen molar-refractivity contribution in [3.8, 4) is 5.75 Å². The summed E-state index contributed by atoms with van der Waals surface area (Å²) < 4.78 is 6.81. The van der Waals surface area contributed by atoms with Gasteiger partial charge in [0, 0.05) is 12.1 Å². The van der Waals surface area contributed by atoms with Crippen LogP contribution in [-0.2, 0) is 11.3 Å². The second kappa shape index (κ2) is 4.18. The monoisotopic (exact) mass is 218 g/mol. The van der Waals surface area contributed by atoms with Gasteiger partial charge in [-0.3, -0.25) is 0 Å². The SMILES string of the molecule is COc1ccc2c(ccc[n+]2CC(=O)O)c1. The van der Waals surface area contributed by atoms with Gasteiger partial charge in [-0.25, -0.2) is 4.79 Å². The van der Waals surface area contributed by atoms with Crippen molar-refractivity contribution in [2.75, 3.05) is 7.11 Å². The maximum atomic E-state index is 10.7. The van der Waals surface area contributed by atoms with E-state index in [1.54, 1.807) is 17.9 Å². The molecule has 0 amide bonds. The Morgan fingerprint density at radius 2 is 2.25 bits per heavy atom. The highest BCUT2D eigenvalue weighted by atomic mass is 16.5. The zero-order valence-corrected chi connectivity index (χ0v) is 8.88. The lowest BCUT2D eigenvalue weighted by atomic mass is 10.2. The van der Waals surface area contributed by atoms with E-state index in [1.807, 2.05) is 30.3 Å². The molecule has 0 saturated heterocycles. The maximum Gasteiger partial charge on any atom is 0.370 e. The molecule has 0 radical (unpaired) electrons. The van der Waals surface area contributed by atoms with Crippen LogP contribution in [0.1, 0.15) is 0 Å². The zero-order valence-electron chi connectivity index (χ0n) is 8.88. The Morgan fingerprint density at radius 3 is 2.94 bits per heavy atom. The van der Waals surface area contributed by atoms with Crippen molar-refractivity contribution in [3.05, 3.63) is 36.5 Å². The molecule has 0 aliphatic carbocycles. The molecule has 1 aromatic heterocycles. The van der Waals surface area contributed by atoms with Crippen LogP contribution in [0.25, 0.3) is 10.9 Å². The summed E-state index contributed by atoms with van der Waals surface area (Å²) in [4.78, 5) is 10.7. The fourth-order valence-corrected chi connectivity index (χ4v) is 1.67. The second-order valence-electron chi connectivity index (χ2n) is 3.45. The molecule has 0 aliphatic rings. The predicted molar refractivity (Wildman–Crippen MR) is 58.3 cm³/mol. The number of hydrogen-bond acceptors (Lipinski definition) is 2. The summed E-state index contributed by atoms with van der Waals surface area (Å²) in [5.41, 5.74) is 0.880. The Morgan fingerprint density at radius 1 is 1.44 bits per heavy atom. The van der Waals surface area contributed by atoms with E-state index in [4.69, 9.17) is 9.84 Å². The van der Waals surface area contributed by atoms with Crippen LogP contribution in [0.3, 0.4) is 0 Å². The minimum atomic E-state index is -0.853. The number of hydrogen-bond donors (Lipinski definition) is 1. The number of nitrogens with zero attached hydrogens (tertiary/aromatic N) is 1. The first kappa shape index (κ1) is 10.4. The summed E-state index contributed by atoms with van der Waals surface area (Å²) in [5.74, 6) is -0.0890. The normalized spacial score (nSPS) is 10.3. The van der Waals surface area contributed by atoms with Crippen molar-refractivity contribution >= 4 is 16.9 Å². The number of carboxylic acid groups (broad SMARTS) is 1. The van der Waals surface area contributed by atoms with Crippen molar-refractivity contribution in [3.63, 3.8) is 0 Å². The Bertz CT molecular complexity index is 537. The topological polar surface area (TPSA) is 50.4 Å². The number of benzene rings is 1. The highest BCUT2D eigenvalue weighted by Gasteiger charge is 2.12. The molecular formula is C12H12NO3+. The molecule has 2 aromatic rings. The lowest BCUT2D eigenvalue weighted by Crippen LogP contribution is -2.38. The van der Waals surface area contributed by atoms with Crippen molar-refractivity contribution in [2.24, 2.45) is 0 Å². The molecule has 2 rings (SSSR count). The molecule has 0 fully saturated rings. The molecule has 0 bridgehead atoms. The fourth-order valence-electron chi connectivity index (χ4n) is 1.67. The third-order valence-electron chi connectivity index (χ3n) is 2.39. The molecule has 0 aliphatic heterocycles. The average molecular weight is 218 g/mol. The van der Waals surface area contributed by atoms with Crippen LogP contribution in [0.5, 0.6) is 5.75 Å². The van der Waals surface area contributed by atoms with E-state index < -0.39 is 5.97 Å². The van der Waals surface area contributed by atoms with Gasteiger partial charge in [0.05, 0.1) is 12.5 Å². The van der Waals surface area contributed by atoms with Crippen LogP contribution in [0, 0.1) is 0 Å². The van der Waals surface area contributed by atoms with E-state index in [0.29, 0.717) is 0 Å². The first-order chi connectivity index (χ1) is 7.70. The van der Waals surface area contributed by atoms with Gasteiger partial charge in [0.1, 0.15) is 5.75 Å². The number of aromatic nitrogens is 1. The molecule has 0 atom stereocenters. The summed E-state index contributed by atoms with van der Waals surface area (Å²) in [6.45, 7) is -0.0380. The van der Waals surface area contributed by atoms with Gasteiger partial charge in [0.2, 0.25) is 12.1 Å². The Kier molecular flexibility index (Phi) is 2.72. The molecule has 82 valence electrons. The van der Waals surface area contributed by atoms with E-state index in [0.717, 1.165) is 16.7 Å². The summed E-state index contributed by atoms with van der Waals surface area (Å²) in [6, 6.07) is 9.31. The van der Waals surface area contributed by atoms with Gasteiger partial charge in [-0.1, -0.05) is 0 Å². The van der Waals surface area contributed by atoms with E-state index in [1.165, 1.54) is 0 Å². The number of aliphatic carboxylic acids is 1. The molecule has 0 saturated carbocycles. The standard InChI is InChI=1S/C12H11NO3/c1-16-10-4-5-11-9(7-10)3-2-6-13(11)8-12(14)15/h2-7H,8H2,1H3/p+1. The van der Waals surface area contributed by atoms with Gasteiger partial charge >= 0.3 is 5.97 Å². The van der Waals surface area contributed by atoms with Gasteiger partial charge < -0.3 is 9.84 Å². The van der Waals surface area contributed by atoms with Crippen LogP contribution in [-0.4, -0.2) is 18.2 Å². The molecule has 0 spiro atoms. The number of pyridine rings is 1. The van der Waals surface area contributed by atoms with E-state index >= 15 is 0 Å². The fraction of sp³-hybridized carbons (Fsp3) is 0.167. The molecule has 0 unspecified atom stereocenters. The molecule has 4 nitrogen and oxygen atoms in total. The first-order valence-electron chi connectivity index (χ1n) is 4.89. The number of carboxylic acids is 1. The first-order valence-corrected chi connectivity index (χ1v) is 4.89. The highest BCUT2D eigenvalue weighted by Crippen LogP contribution is 2.17. The number of fused-ring (bicyclic) bond motifs is 1. The molecule has 1 aromatic carbocycles. The van der Waals surface area contributed by atoms with Crippen LogP contribution < -0.4 is 9.30 Å². The highest BCUT2D eigenvalue weighted by molar-refractivity contribution is 5.77. The predicted octanol–water partition coefficient (Wildman–Crippen LogP) is 1.22. The third kappa shape index (κ3) is 1.95. The van der Waals surface area contributed by atoms with Gasteiger partial charge in [0.25, 0.3) is 0 Å². The minimum Gasteiger partial charge on any atom is -0.497 e. The van der Waals surface area contributed by atoms with Crippen LogP contribution in [0.15, 0.2) is 36.5 Å².